The second-order valence-electron chi connectivity index (χ2n) is 8.12. The highest BCUT2D eigenvalue weighted by Gasteiger charge is 2.16. The van der Waals surface area contributed by atoms with E-state index in [2.05, 4.69) is 15.5 Å². The van der Waals surface area contributed by atoms with Crippen molar-refractivity contribution in [2.24, 2.45) is 7.05 Å². The quantitative estimate of drug-likeness (QED) is 0.270. The molecule has 9 nitrogen and oxygen atoms in total. The molecular formula is C25H29ClN4O5S. The fourth-order valence-electron chi connectivity index (χ4n) is 3.09. The van der Waals surface area contributed by atoms with Gasteiger partial charge in [0.25, 0.3) is 0 Å². The zero-order valence-corrected chi connectivity index (χ0v) is 22.4. The third kappa shape index (κ3) is 7.38. The lowest BCUT2D eigenvalue weighted by molar-refractivity contribution is -0.113. The van der Waals surface area contributed by atoms with Gasteiger partial charge in [-0.1, -0.05) is 29.4 Å². The number of aromatic nitrogens is 3. The number of esters is 1. The number of nitrogens with one attached hydrogen (secondary N) is 1. The minimum Gasteiger partial charge on any atom is -0.490 e. The Bertz CT molecular complexity index is 1230. The average Bonchev–Trinajstić information content (AvgIpc) is 3.17. The van der Waals surface area contributed by atoms with Crippen LogP contribution < -0.4 is 14.8 Å². The predicted octanol–water partition coefficient (Wildman–Crippen LogP) is 5.05. The number of hydrogen-bond donors (Lipinski definition) is 1. The topological polar surface area (TPSA) is 105 Å². The molecule has 0 aliphatic rings. The second-order valence-corrected chi connectivity index (χ2v) is 9.46. The average molecular weight is 533 g/mol. The molecule has 1 heterocycles. The van der Waals surface area contributed by atoms with Crippen LogP contribution in [0.2, 0.25) is 5.02 Å². The van der Waals surface area contributed by atoms with Crippen LogP contribution in [0.25, 0.3) is 0 Å². The van der Waals surface area contributed by atoms with Crippen LogP contribution in [0.5, 0.6) is 11.5 Å². The van der Waals surface area contributed by atoms with Gasteiger partial charge in [-0.05, 0) is 63.6 Å². The summed E-state index contributed by atoms with van der Waals surface area (Å²) in [6.07, 6.45) is -0.257. The standard InChI is InChI=1S/C25H29ClN4O5S/c1-6-33-21-11-16(4)7-10-20(21)34-13-22-28-29-25(30(22)5)36-14-23(31)27-19-12-17(8-9-18(19)26)24(32)35-15(2)3/h7-12,15H,6,13-14H2,1-5H3,(H,27,31). The normalized spacial score (nSPS) is 10.9. The molecule has 0 atom stereocenters. The van der Waals surface area contributed by atoms with E-state index in [0.29, 0.717) is 45.4 Å². The number of anilines is 1. The maximum Gasteiger partial charge on any atom is 0.338 e. The number of carbonyl (C=O) groups is 2. The first-order valence-electron chi connectivity index (χ1n) is 11.4. The molecule has 1 aromatic heterocycles. The number of thioether (sulfide) groups is 1. The minimum atomic E-state index is -0.487. The monoisotopic (exact) mass is 532 g/mol. The molecule has 0 aliphatic carbocycles. The first-order valence-corrected chi connectivity index (χ1v) is 12.7. The van der Waals surface area contributed by atoms with Crippen molar-refractivity contribution < 1.29 is 23.8 Å². The van der Waals surface area contributed by atoms with Crippen molar-refractivity contribution in [2.45, 2.75) is 45.6 Å². The third-order valence-electron chi connectivity index (χ3n) is 4.83. The van der Waals surface area contributed by atoms with Gasteiger partial charge in [0.2, 0.25) is 5.91 Å². The second kappa shape index (κ2) is 12.6. The molecule has 0 unspecified atom stereocenters. The number of nitrogens with zero attached hydrogens (tertiary/aromatic N) is 3. The summed E-state index contributed by atoms with van der Waals surface area (Å²) in [5.41, 5.74) is 1.70. The van der Waals surface area contributed by atoms with Gasteiger partial charge in [-0.2, -0.15) is 0 Å². The Hall–Kier alpha value is -3.24. The SMILES string of the molecule is CCOc1cc(C)ccc1OCc1nnc(SCC(=O)Nc2cc(C(=O)OC(C)C)ccc2Cl)n1C. The minimum absolute atomic E-state index is 0.0658. The van der Waals surface area contributed by atoms with E-state index in [1.54, 1.807) is 37.6 Å². The summed E-state index contributed by atoms with van der Waals surface area (Å²) in [7, 11) is 1.80. The number of carbonyl (C=O) groups excluding carboxylic acids is 2. The number of halogens is 1. The summed E-state index contributed by atoms with van der Waals surface area (Å²) in [4.78, 5) is 24.7. The first-order chi connectivity index (χ1) is 17.2. The van der Waals surface area contributed by atoms with Crippen LogP contribution in [0, 0.1) is 6.92 Å². The van der Waals surface area contributed by atoms with E-state index < -0.39 is 5.97 Å². The van der Waals surface area contributed by atoms with Crippen molar-refractivity contribution in [3.63, 3.8) is 0 Å². The number of aryl methyl sites for hydroxylation is 1. The molecule has 36 heavy (non-hydrogen) atoms. The molecule has 192 valence electrons. The largest absolute Gasteiger partial charge is 0.490 e. The first kappa shape index (κ1) is 27.3. The molecule has 0 fully saturated rings. The highest BCUT2D eigenvalue weighted by molar-refractivity contribution is 7.99. The summed E-state index contributed by atoms with van der Waals surface area (Å²) in [5, 5.41) is 11.9. The summed E-state index contributed by atoms with van der Waals surface area (Å²) >= 11 is 7.42. The van der Waals surface area contributed by atoms with Crippen molar-refractivity contribution >= 4 is 40.9 Å². The van der Waals surface area contributed by atoms with Crippen LogP contribution in [0.4, 0.5) is 5.69 Å². The van der Waals surface area contributed by atoms with Gasteiger partial charge in [0, 0.05) is 7.05 Å². The van der Waals surface area contributed by atoms with Crippen molar-refractivity contribution in [2.75, 3.05) is 17.7 Å². The van der Waals surface area contributed by atoms with Gasteiger partial charge in [-0.3, -0.25) is 4.79 Å². The van der Waals surface area contributed by atoms with Crippen LogP contribution in [-0.2, 0) is 23.2 Å². The zero-order valence-electron chi connectivity index (χ0n) is 20.8. The third-order valence-corrected chi connectivity index (χ3v) is 6.18. The van der Waals surface area contributed by atoms with Crippen LogP contribution >= 0.6 is 23.4 Å². The summed E-state index contributed by atoms with van der Waals surface area (Å²) < 4.78 is 18.5. The van der Waals surface area contributed by atoms with E-state index >= 15 is 0 Å². The van der Waals surface area contributed by atoms with Crippen LogP contribution in [0.3, 0.4) is 0 Å². The van der Waals surface area contributed by atoms with Gasteiger partial charge in [-0.15, -0.1) is 10.2 Å². The molecule has 0 bridgehead atoms. The Balaban J connectivity index is 1.58. The highest BCUT2D eigenvalue weighted by Crippen LogP contribution is 2.29. The number of benzene rings is 2. The van der Waals surface area contributed by atoms with E-state index in [4.69, 9.17) is 25.8 Å². The van der Waals surface area contributed by atoms with Gasteiger partial charge in [0.1, 0.15) is 6.61 Å². The van der Waals surface area contributed by atoms with E-state index in [1.165, 1.54) is 17.8 Å². The van der Waals surface area contributed by atoms with E-state index in [9.17, 15) is 9.59 Å². The fourth-order valence-corrected chi connectivity index (χ4v) is 3.98. The Kier molecular flexibility index (Phi) is 9.60. The van der Waals surface area contributed by atoms with E-state index in [1.807, 2.05) is 32.0 Å². The zero-order chi connectivity index (χ0) is 26.2. The number of ether oxygens (including phenoxy) is 3. The van der Waals surface area contributed by atoms with Crippen molar-refractivity contribution in [1.29, 1.82) is 0 Å². The van der Waals surface area contributed by atoms with Gasteiger partial charge in [0.15, 0.2) is 22.5 Å². The molecule has 3 rings (SSSR count). The molecule has 3 aromatic rings. The molecule has 0 saturated carbocycles. The number of rotatable bonds is 11. The van der Waals surface area contributed by atoms with Crippen LogP contribution in [0.15, 0.2) is 41.6 Å². The van der Waals surface area contributed by atoms with Crippen molar-refractivity contribution in [1.82, 2.24) is 14.8 Å². The molecule has 0 aliphatic heterocycles. The van der Waals surface area contributed by atoms with Gasteiger partial charge in [-0.25, -0.2) is 4.79 Å². The van der Waals surface area contributed by atoms with E-state index in [-0.39, 0.29) is 24.4 Å². The lowest BCUT2D eigenvalue weighted by Gasteiger charge is -2.12. The van der Waals surface area contributed by atoms with Gasteiger partial charge >= 0.3 is 5.97 Å². The Morgan fingerprint density at radius 3 is 2.61 bits per heavy atom. The van der Waals surface area contributed by atoms with Gasteiger partial charge < -0.3 is 24.1 Å². The predicted molar refractivity (Wildman–Crippen MR) is 139 cm³/mol. The van der Waals surface area contributed by atoms with Crippen LogP contribution in [0.1, 0.15) is 42.5 Å². The Morgan fingerprint density at radius 2 is 1.89 bits per heavy atom. The lowest BCUT2D eigenvalue weighted by atomic mass is 10.2. The number of hydrogen-bond acceptors (Lipinski definition) is 8. The number of amides is 1. The summed E-state index contributed by atoms with van der Waals surface area (Å²) in [6.45, 7) is 8.15. The Morgan fingerprint density at radius 1 is 1.11 bits per heavy atom. The lowest BCUT2D eigenvalue weighted by Crippen LogP contribution is -2.16. The van der Waals surface area contributed by atoms with Gasteiger partial charge in [0.05, 0.1) is 34.7 Å². The smallest absolute Gasteiger partial charge is 0.338 e. The fraction of sp³-hybridized carbons (Fsp3) is 0.360. The Labute approximate surface area is 219 Å². The van der Waals surface area contributed by atoms with E-state index in [0.717, 1.165) is 5.56 Å². The highest BCUT2D eigenvalue weighted by atomic mass is 35.5. The molecule has 0 saturated heterocycles. The molecular weight excluding hydrogens is 504 g/mol. The molecule has 0 spiro atoms. The molecule has 11 heteroatoms. The maximum absolute atomic E-state index is 12.5. The van der Waals surface area contributed by atoms with Crippen molar-refractivity contribution in [3.8, 4) is 11.5 Å². The molecule has 0 radical (unpaired) electrons. The molecule has 1 amide bonds. The molecule has 1 N–H and O–H groups in total. The maximum atomic E-state index is 12.5. The molecule has 2 aromatic carbocycles. The van der Waals surface area contributed by atoms with Crippen molar-refractivity contribution in [3.05, 3.63) is 58.4 Å². The summed E-state index contributed by atoms with van der Waals surface area (Å²) in [6, 6.07) is 10.3. The van der Waals surface area contributed by atoms with Crippen LogP contribution in [-0.4, -0.2) is 45.1 Å². The summed E-state index contributed by atoms with van der Waals surface area (Å²) in [5.74, 6) is 1.16.